The van der Waals surface area contributed by atoms with E-state index in [-0.39, 0.29) is 4.64 Å². The van der Waals surface area contributed by atoms with E-state index in [1.807, 2.05) is 0 Å². The van der Waals surface area contributed by atoms with E-state index in [9.17, 15) is 19.7 Å². The summed E-state index contributed by atoms with van der Waals surface area (Å²) in [5.74, 6) is 0.415. The third kappa shape index (κ3) is 6.06. The van der Waals surface area contributed by atoms with Gasteiger partial charge in [-0.1, -0.05) is 25.1 Å². The molecule has 5 atom stereocenters. The van der Waals surface area contributed by atoms with Gasteiger partial charge in [-0.3, -0.25) is 9.13 Å². The van der Waals surface area contributed by atoms with Crippen molar-refractivity contribution in [1.29, 1.82) is 0 Å². The summed E-state index contributed by atoms with van der Waals surface area (Å²) in [5, 5.41) is 23.7. The summed E-state index contributed by atoms with van der Waals surface area (Å²) >= 11 is 5.30. The van der Waals surface area contributed by atoms with Gasteiger partial charge in [-0.15, -0.1) is 0 Å². The van der Waals surface area contributed by atoms with Crippen LogP contribution < -0.4 is 15.9 Å². The maximum Gasteiger partial charge on any atom is 0.265 e. The minimum absolute atomic E-state index is 0.235. The minimum atomic E-state index is -5.00. The van der Waals surface area contributed by atoms with Crippen LogP contribution in [0.25, 0.3) is 11.2 Å². The lowest BCUT2D eigenvalue weighted by Crippen LogP contribution is -2.34. The average molecular weight is 477 g/mol. The predicted molar refractivity (Wildman–Crippen MR) is 110 cm³/mol. The van der Waals surface area contributed by atoms with E-state index in [1.54, 1.807) is 0 Å². The van der Waals surface area contributed by atoms with Crippen LogP contribution in [0, 0.1) is 4.64 Å². The fourth-order valence-electron chi connectivity index (χ4n) is 3.31. The first kappa shape index (κ1) is 24.2. The van der Waals surface area contributed by atoms with Crippen LogP contribution in [0.3, 0.4) is 0 Å². The highest BCUT2D eigenvalue weighted by atomic mass is 32.1. The third-order valence-corrected chi connectivity index (χ3v) is 5.64. The Hall–Kier alpha value is -1.48. The summed E-state index contributed by atoms with van der Waals surface area (Å²) in [6.07, 6.45) is 0.190. The van der Waals surface area contributed by atoms with Gasteiger partial charge in [0, 0.05) is 6.54 Å². The van der Waals surface area contributed by atoms with Crippen LogP contribution in [0.5, 0.6) is 0 Å². The highest BCUT2D eigenvalue weighted by Gasteiger charge is 2.44. The van der Waals surface area contributed by atoms with E-state index in [2.05, 4.69) is 24.8 Å². The molecular weight excluding hydrogens is 451 g/mol. The van der Waals surface area contributed by atoms with Gasteiger partial charge < -0.3 is 45.3 Å². The predicted octanol–water partition coefficient (Wildman–Crippen LogP) is -0.484. The molecule has 7 N–H and O–H groups in total. The number of phosphoric acid groups is 1. The normalized spacial score (nSPS) is 25.7. The van der Waals surface area contributed by atoms with Crippen molar-refractivity contribution in [2.75, 3.05) is 25.0 Å². The van der Waals surface area contributed by atoms with Crippen molar-refractivity contribution in [3.8, 4) is 0 Å². The number of phosphoric ester groups is 1. The van der Waals surface area contributed by atoms with Gasteiger partial charge in [0.25, 0.3) is 7.82 Å². The summed E-state index contributed by atoms with van der Waals surface area (Å²) in [6.45, 7) is 0.683. The van der Waals surface area contributed by atoms with Gasteiger partial charge in [0.2, 0.25) is 5.95 Å². The Morgan fingerprint density at radius 3 is 2.81 bits per heavy atom. The van der Waals surface area contributed by atoms with Crippen molar-refractivity contribution in [2.45, 2.75) is 50.2 Å². The van der Waals surface area contributed by atoms with E-state index in [0.29, 0.717) is 30.2 Å². The molecule has 3 rings (SSSR count). The van der Waals surface area contributed by atoms with E-state index in [0.717, 1.165) is 25.7 Å². The van der Waals surface area contributed by atoms with Crippen molar-refractivity contribution in [3.05, 3.63) is 11.0 Å². The number of H-pyrrole nitrogens is 1. The van der Waals surface area contributed by atoms with Gasteiger partial charge in [-0.05, 0) is 19.4 Å². The summed E-state index contributed by atoms with van der Waals surface area (Å²) in [5.41, 5.74) is 6.25. The number of aliphatic hydroxyl groups is 2. The van der Waals surface area contributed by atoms with Gasteiger partial charge in [0.05, 0.1) is 12.9 Å². The number of aromatic amines is 1. The van der Waals surface area contributed by atoms with Gasteiger partial charge >= 0.3 is 0 Å². The fraction of sp³-hybridized carbons (Fsp3) is 0.688. The van der Waals surface area contributed by atoms with Gasteiger partial charge in [0.15, 0.2) is 10.9 Å². The number of nitrogens with two attached hydrogens (primary N) is 1. The second-order valence-electron chi connectivity index (χ2n) is 7.18. The monoisotopic (exact) mass is 477 g/mol. The maximum absolute atomic E-state index is 10.8. The molecule has 0 aromatic carbocycles. The Morgan fingerprint density at radius 1 is 1.35 bits per heavy atom. The quantitative estimate of drug-likeness (QED) is 0.138. The molecule has 1 fully saturated rings. The molecule has 1 aliphatic rings. The molecule has 13 nitrogen and oxygen atoms in total. The van der Waals surface area contributed by atoms with Crippen LogP contribution in [0.1, 0.15) is 31.9 Å². The van der Waals surface area contributed by atoms with Crippen LogP contribution in [0.4, 0.5) is 5.95 Å². The van der Waals surface area contributed by atoms with Crippen molar-refractivity contribution < 1.29 is 33.8 Å². The van der Waals surface area contributed by atoms with Gasteiger partial charge in [0.1, 0.15) is 29.5 Å². The first-order valence-corrected chi connectivity index (χ1v) is 11.7. The number of hydrogen-bond acceptors (Lipinski definition) is 11. The van der Waals surface area contributed by atoms with Crippen molar-refractivity contribution >= 4 is 37.2 Å². The molecule has 0 radical (unpaired) electrons. The fourth-order valence-corrected chi connectivity index (χ4v) is 3.88. The molecule has 0 bridgehead atoms. The lowest BCUT2D eigenvalue weighted by molar-refractivity contribution is -0.222. The lowest BCUT2D eigenvalue weighted by atomic mass is 10.1. The number of fused-ring (bicyclic) bond motifs is 1. The van der Waals surface area contributed by atoms with Crippen molar-refractivity contribution in [3.63, 3.8) is 0 Å². The SMILES string of the molecule is NCCCCCCNc1nc(=S)c2ncn([C@@H]3O[C@H](COP(=O)([O-])O)[C@H](O)C3O)c2[nH]1. The Bertz CT molecular complexity index is 981. The zero-order valence-corrected chi connectivity index (χ0v) is 18.3. The molecule has 0 spiro atoms. The lowest BCUT2D eigenvalue weighted by Gasteiger charge is -2.20. The minimum Gasteiger partial charge on any atom is -0.756 e. The number of anilines is 1. The molecule has 0 saturated carbocycles. The Kier molecular flexibility index (Phi) is 8.13. The first-order valence-electron chi connectivity index (χ1n) is 9.82. The summed E-state index contributed by atoms with van der Waals surface area (Å²) in [6, 6.07) is 0. The van der Waals surface area contributed by atoms with Crippen LogP contribution in [0.15, 0.2) is 6.33 Å². The first-order chi connectivity index (χ1) is 14.7. The molecule has 1 aliphatic heterocycles. The smallest absolute Gasteiger partial charge is 0.265 e. The number of unbranched alkanes of at least 4 members (excludes halogenated alkanes) is 3. The second kappa shape index (κ2) is 10.4. The van der Waals surface area contributed by atoms with Crippen molar-refractivity contribution in [1.82, 2.24) is 19.5 Å². The summed E-state index contributed by atoms with van der Waals surface area (Å²) < 4.78 is 22.3. The average Bonchev–Trinajstić information content (AvgIpc) is 3.24. The molecule has 3 heterocycles. The molecule has 2 aromatic heterocycles. The number of hydrogen-bond donors (Lipinski definition) is 6. The van der Waals surface area contributed by atoms with Crippen LogP contribution in [-0.2, 0) is 13.8 Å². The molecule has 2 unspecified atom stereocenters. The highest BCUT2D eigenvalue weighted by molar-refractivity contribution is 7.71. The van der Waals surface area contributed by atoms with Crippen molar-refractivity contribution in [2.24, 2.45) is 5.73 Å². The number of aliphatic hydroxyl groups excluding tert-OH is 2. The zero-order valence-electron chi connectivity index (χ0n) is 16.6. The van der Waals surface area contributed by atoms with E-state index in [4.69, 9.17) is 27.6 Å². The highest BCUT2D eigenvalue weighted by Crippen LogP contribution is 2.36. The van der Waals surface area contributed by atoms with Crippen LogP contribution >= 0.6 is 20.0 Å². The number of ether oxygens (including phenoxy) is 1. The molecule has 0 amide bonds. The van der Waals surface area contributed by atoms with Crippen LogP contribution in [-0.4, -0.2) is 72.6 Å². The number of imidazole rings is 1. The number of aromatic nitrogens is 4. The molecular formula is C16H26N6O7PS-. The van der Waals surface area contributed by atoms with E-state index in [1.165, 1.54) is 10.9 Å². The molecule has 31 heavy (non-hydrogen) atoms. The second-order valence-corrected chi connectivity index (χ2v) is 8.76. The zero-order chi connectivity index (χ0) is 22.6. The Labute approximate surface area is 182 Å². The Morgan fingerprint density at radius 2 is 2.10 bits per heavy atom. The topological polar surface area (TPSA) is 204 Å². The van der Waals surface area contributed by atoms with Gasteiger partial charge in [-0.2, -0.15) is 0 Å². The molecule has 15 heteroatoms. The maximum atomic E-state index is 10.8. The molecule has 1 saturated heterocycles. The molecule has 2 aromatic rings. The number of nitrogens with one attached hydrogen (secondary N) is 2. The molecule has 0 aliphatic carbocycles. The van der Waals surface area contributed by atoms with Crippen LogP contribution in [0.2, 0.25) is 0 Å². The third-order valence-electron chi connectivity index (χ3n) is 4.88. The van der Waals surface area contributed by atoms with Gasteiger partial charge in [-0.25, -0.2) is 9.97 Å². The molecule has 174 valence electrons. The summed E-state index contributed by atoms with van der Waals surface area (Å²) in [7, 11) is -5.00. The number of nitrogens with zero attached hydrogens (tertiary/aromatic N) is 3. The van der Waals surface area contributed by atoms with E-state index < -0.39 is 39.0 Å². The Balaban J connectivity index is 1.74. The van der Waals surface area contributed by atoms with E-state index >= 15 is 0 Å². The largest absolute Gasteiger partial charge is 0.756 e. The summed E-state index contributed by atoms with van der Waals surface area (Å²) in [4.78, 5) is 31.1. The number of rotatable bonds is 11. The standard InChI is InChI=1S/C16H27N6O7PS/c17-5-3-1-2-4-6-18-16-20-13-10(14(31)21-16)19-8-22(13)15-12(24)11(23)9(29-15)7-28-30(25,26)27/h8-9,11-12,15,23-24H,1-7,17H2,(H2,25,26,27)(H2,18,20,21,31)/p-1/t9-,11+,12?,15-/m1/s1.